The van der Waals surface area contributed by atoms with E-state index in [9.17, 15) is 14.4 Å². The van der Waals surface area contributed by atoms with Gasteiger partial charge in [0.2, 0.25) is 0 Å². The molecule has 0 atom stereocenters. The Bertz CT molecular complexity index is 1130. The molecule has 0 bridgehead atoms. The number of hydrogen-bond donors (Lipinski definition) is 0. The first-order valence-electron chi connectivity index (χ1n) is 27.8. The molecule has 0 saturated carbocycles. The lowest BCUT2D eigenvalue weighted by molar-refractivity contribution is -0.167. The van der Waals surface area contributed by atoms with Gasteiger partial charge in [0.1, 0.15) is 13.2 Å². The third kappa shape index (κ3) is 51.9. The number of hydrogen-bond acceptors (Lipinski definition) is 6. The van der Waals surface area contributed by atoms with Crippen molar-refractivity contribution in [2.24, 2.45) is 0 Å². The number of carbonyl (C=O) groups excluding carboxylic acids is 3. The van der Waals surface area contributed by atoms with Gasteiger partial charge in [0, 0.05) is 19.3 Å². The molecule has 0 aromatic heterocycles. The average molecular weight is 909 g/mol. The summed E-state index contributed by atoms with van der Waals surface area (Å²) in [5.41, 5.74) is 0. The highest BCUT2D eigenvalue weighted by Crippen LogP contribution is 2.16. The molecule has 376 valence electrons. The number of allylic oxidation sites excluding steroid dienone is 10. The van der Waals surface area contributed by atoms with Crippen molar-refractivity contribution in [2.45, 2.75) is 284 Å². The summed E-state index contributed by atoms with van der Waals surface area (Å²) in [5, 5.41) is 0. The van der Waals surface area contributed by atoms with Crippen molar-refractivity contribution in [3.05, 3.63) is 60.8 Å². The maximum Gasteiger partial charge on any atom is 0.306 e. The molecule has 0 rings (SSSR count). The Hall–Kier alpha value is -2.89. The van der Waals surface area contributed by atoms with Crippen LogP contribution in [0.1, 0.15) is 278 Å². The van der Waals surface area contributed by atoms with Crippen LogP contribution < -0.4 is 0 Å². The molecule has 0 aliphatic rings. The van der Waals surface area contributed by atoms with Crippen molar-refractivity contribution < 1.29 is 28.6 Å². The number of unbranched alkanes of at least 4 members (excludes halogenated alkanes) is 29. The Morgan fingerprint density at radius 3 is 0.923 bits per heavy atom. The summed E-state index contributed by atoms with van der Waals surface area (Å²) in [6, 6.07) is 0. The molecular formula is C59H104O6. The van der Waals surface area contributed by atoms with Gasteiger partial charge in [-0.3, -0.25) is 14.4 Å². The quantitative estimate of drug-likeness (QED) is 0.0262. The van der Waals surface area contributed by atoms with Crippen LogP contribution in [0.25, 0.3) is 0 Å². The molecule has 0 aromatic rings. The fraction of sp³-hybridized carbons (Fsp3) is 0.780. The van der Waals surface area contributed by atoms with Gasteiger partial charge in [-0.05, 0) is 57.8 Å². The molecule has 6 heteroatoms. The Labute approximate surface area is 402 Å². The van der Waals surface area contributed by atoms with E-state index in [0.29, 0.717) is 19.3 Å². The molecule has 0 radical (unpaired) electrons. The van der Waals surface area contributed by atoms with Crippen LogP contribution in [0.4, 0.5) is 0 Å². The minimum atomic E-state index is -0.800. The number of esters is 3. The lowest BCUT2D eigenvalue weighted by atomic mass is 10.0. The summed E-state index contributed by atoms with van der Waals surface area (Å²) in [5.74, 6) is -0.939. The first kappa shape index (κ1) is 62.1. The fourth-order valence-corrected chi connectivity index (χ4v) is 7.89. The van der Waals surface area contributed by atoms with Crippen LogP contribution in [0, 0.1) is 0 Å². The van der Waals surface area contributed by atoms with E-state index in [0.717, 1.165) is 77.0 Å². The first-order valence-corrected chi connectivity index (χ1v) is 27.8. The monoisotopic (exact) mass is 909 g/mol. The molecule has 0 aliphatic carbocycles. The molecule has 0 spiro atoms. The van der Waals surface area contributed by atoms with Crippen LogP contribution in [0.5, 0.6) is 0 Å². The van der Waals surface area contributed by atoms with E-state index in [-0.39, 0.29) is 37.5 Å². The van der Waals surface area contributed by atoms with Crippen LogP contribution in [0.3, 0.4) is 0 Å². The van der Waals surface area contributed by atoms with Gasteiger partial charge in [-0.2, -0.15) is 0 Å². The van der Waals surface area contributed by atoms with Crippen molar-refractivity contribution in [3.8, 4) is 0 Å². The van der Waals surface area contributed by atoms with Gasteiger partial charge in [-0.15, -0.1) is 0 Å². The summed E-state index contributed by atoms with van der Waals surface area (Å²) >= 11 is 0. The zero-order valence-electron chi connectivity index (χ0n) is 43.0. The highest BCUT2D eigenvalue weighted by atomic mass is 16.6. The van der Waals surface area contributed by atoms with Gasteiger partial charge < -0.3 is 14.2 Å². The topological polar surface area (TPSA) is 78.9 Å². The van der Waals surface area contributed by atoms with Crippen molar-refractivity contribution in [3.63, 3.8) is 0 Å². The van der Waals surface area contributed by atoms with E-state index in [1.807, 2.05) is 0 Å². The molecule has 0 saturated heterocycles. The second kappa shape index (κ2) is 53.7. The third-order valence-electron chi connectivity index (χ3n) is 12.0. The predicted molar refractivity (Wildman–Crippen MR) is 279 cm³/mol. The number of carbonyl (C=O) groups is 3. The van der Waals surface area contributed by atoms with E-state index in [4.69, 9.17) is 14.2 Å². The lowest BCUT2D eigenvalue weighted by Crippen LogP contribution is -2.30. The molecule has 0 unspecified atom stereocenters. The molecule has 0 N–H and O–H groups in total. The Kier molecular flexibility index (Phi) is 51.3. The van der Waals surface area contributed by atoms with Gasteiger partial charge in [0.15, 0.2) is 6.10 Å². The largest absolute Gasteiger partial charge is 0.462 e. The molecular weight excluding hydrogens is 805 g/mol. The molecule has 0 aliphatic heterocycles. The zero-order valence-corrected chi connectivity index (χ0v) is 43.0. The summed E-state index contributed by atoms with van der Waals surface area (Å²) in [4.78, 5) is 38.1. The summed E-state index contributed by atoms with van der Waals surface area (Å²) in [6.07, 6.45) is 66.4. The van der Waals surface area contributed by atoms with Crippen LogP contribution in [0.2, 0.25) is 0 Å². The zero-order chi connectivity index (χ0) is 47.2. The average Bonchev–Trinajstić information content (AvgIpc) is 3.30. The van der Waals surface area contributed by atoms with Gasteiger partial charge in [0.25, 0.3) is 0 Å². The number of rotatable bonds is 50. The highest BCUT2D eigenvalue weighted by Gasteiger charge is 2.19. The highest BCUT2D eigenvalue weighted by molar-refractivity contribution is 5.71. The molecule has 0 fully saturated rings. The second-order valence-electron chi connectivity index (χ2n) is 18.5. The van der Waals surface area contributed by atoms with Gasteiger partial charge >= 0.3 is 17.9 Å². The summed E-state index contributed by atoms with van der Waals surface area (Å²) in [6.45, 7) is 6.51. The van der Waals surface area contributed by atoms with E-state index in [2.05, 4.69) is 81.5 Å². The molecule has 0 amide bonds. The van der Waals surface area contributed by atoms with Crippen LogP contribution in [-0.2, 0) is 28.6 Å². The molecule has 6 nitrogen and oxygen atoms in total. The third-order valence-corrected chi connectivity index (χ3v) is 12.0. The van der Waals surface area contributed by atoms with Crippen LogP contribution in [0.15, 0.2) is 60.8 Å². The van der Waals surface area contributed by atoms with Crippen molar-refractivity contribution >= 4 is 17.9 Å². The van der Waals surface area contributed by atoms with Crippen LogP contribution in [-0.4, -0.2) is 37.2 Å². The van der Waals surface area contributed by atoms with Gasteiger partial charge in [0.05, 0.1) is 0 Å². The normalized spacial score (nSPS) is 12.1. The minimum Gasteiger partial charge on any atom is -0.462 e. The molecule has 65 heavy (non-hydrogen) atoms. The Morgan fingerprint density at radius 1 is 0.323 bits per heavy atom. The Morgan fingerprint density at radius 2 is 0.600 bits per heavy atom. The van der Waals surface area contributed by atoms with Crippen molar-refractivity contribution in [2.75, 3.05) is 13.2 Å². The Balaban J connectivity index is 4.44. The van der Waals surface area contributed by atoms with Gasteiger partial charge in [-0.1, -0.05) is 261 Å². The van der Waals surface area contributed by atoms with E-state index >= 15 is 0 Å². The van der Waals surface area contributed by atoms with E-state index in [1.165, 1.54) is 154 Å². The maximum absolute atomic E-state index is 12.8. The maximum atomic E-state index is 12.8. The summed E-state index contributed by atoms with van der Waals surface area (Å²) < 4.78 is 16.8. The minimum absolute atomic E-state index is 0.0929. The number of ether oxygens (including phenoxy) is 3. The summed E-state index contributed by atoms with van der Waals surface area (Å²) in [7, 11) is 0. The van der Waals surface area contributed by atoms with Crippen molar-refractivity contribution in [1.82, 2.24) is 0 Å². The van der Waals surface area contributed by atoms with E-state index in [1.54, 1.807) is 0 Å². The predicted octanol–water partition coefficient (Wildman–Crippen LogP) is 18.4. The van der Waals surface area contributed by atoms with Crippen molar-refractivity contribution in [1.29, 1.82) is 0 Å². The smallest absolute Gasteiger partial charge is 0.306 e. The van der Waals surface area contributed by atoms with Crippen LogP contribution >= 0.6 is 0 Å². The molecule has 0 aromatic carbocycles. The first-order chi connectivity index (χ1) is 32.0. The lowest BCUT2D eigenvalue weighted by Gasteiger charge is -2.18. The van der Waals surface area contributed by atoms with Gasteiger partial charge in [-0.25, -0.2) is 0 Å². The fourth-order valence-electron chi connectivity index (χ4n) is 7.89. The standard InChI is InChI=1S/C59H104O6/c1-4-7-10-13-16-19-22-25-28-29-32-35-38-41-44-47-50-53-59(62)65-56(54-63-57(60)51-48-45-42-39-36-33-30-26-23-20-17-14-11-8-5-2)55-64-58(61)52-49-46-43-40-37-34-31-27-24-21-18-15-12-9-6-3/h7,10,16,19,25,28,32,35,41,44,56H,4-6,8-9,11-15,17-18,20-24,26-27,29-31,33-34,36-40,42-43,45-55H2,1-3H3/b10-7-,19-16-,28-25-,35-32-,44-41-. The second-order valence-corrected chi connectivity index (χ2v) is 18.5. The molecule has 0 heterocycles. The SMILES string of the molecule is CC/C=C\C/C=C\C/C=C\C/C=C\C/C=C\CCCC(=O)OC(COC(=O)CCCCCCCCCCCCCCCCC)COC(=O)CCCCCCCCCCCCCCCCC. The van der Waals surface area contributed by atoms with E-state index < -0.39 is 6.10 Å².